The molecule has 84 valence electrons. The Morgan fingerprint density at radius 1 is 1.27 bits per heavy atom. The van der Waals surface area contributed by atoms with Gasteiger partial charge in [-0.2, -0.15) is 0 Å². The first-order valence-corrected chi connectivity index (χ1v) is 5.56. The van der Waals surface area contributed by atoms with Gasteiger partial charge in [0.15, 0.2) is 0 Å². The minimum atomic E-state index is 0.389. The number of hydrogen-bond donors (Lipinski definition) is 2. The van der Waals surface area contributed by atoms with E-state index in [1.54, 1.807) is 6.07 Å². The van der Waals surface area contributed by atoms with E-state index in [-0.39, 0.29) is 0 Å². The van der Waals surface area contributed by atoms with Crippen molar-refractivity contribution in [1.82, 2.24) is 0 Å². The van der Waals surface area contributed by atoms with Crippen LogP contribution < -0.4 is 5.73 Å². The predicted molar refractivity (Wildman–Crippen MR) is 64.1 cm³/mol. The van der Waals surface area contributed by atoms with Crippen LogP contribution in [0.5, 0.6) is 5.75 Å². The highest BCUT2D eigenvalue weighted by atomic mass is 16.3. The van der Waals surface area contributed by atoms with Gasteiger partial charge in [0.1, 0.15) is 5.75 Å². The summed E-state index contributed by atoms with van der Waals surface area (Å²) in [5.41, 5.74) is 7.87. The summed E-state index contributed by atoms with van der Waals surface area (Å²) >= 11 is 0. The molecular weight excluding hydrogens is 186 g/mol. The van der Waals surface area contributed by atoms with E-state index >= 15 is 0 Å². The number of hydrogen-bond acceptors (Lipinski definition) is 2. The van der Waals surface area contributed by atoms with Crippen LogP contribution in [0.3, 0.4) is 0 Å². The Hall–Kier alpha value is -1.02. The molecule has 2 heteroatoms. The van der Waals surface area contributed by atoms with Crippen LogP contribution in [0, 0.1) is 5.92 Å². The molecule has 1 aromatic carbocycles. The summed E-state index contributed by atoms with van der Waals surface area (Å²) < 4.78 is 0. The molecule has 0 aliphatic rings. The fraction of sp³-hybridized carbons (Fsp3) is 0.538. The topological polar surface area (TPSA) is 46.2 Å². The van der Waals surface area contributed by atoms with Gasteiger partial charge >= 0.3 is 0 Å². The Bertz CT molecular complexity index is 320. The Morgan fingerprint density at radius 2 is 1.93 bits per heavy atom. The Kier molecular flexibility index (Phi) is 4.15. The highest BCUT2D eigenvalue weighted by molar-refractivity contribution is 5.37. The monoisotopic (exact) mass is 207 g/mol. The summed E-state index contributed by atoms with van der Waals surface area (Å²) in [6, 6.07) is 5.86. The van der Waals surface area contributed by atoms with Gasteiger partial charge in [-0.3, -0.25) is 0 Å². The highest BCUT2D eigenvalue weighted by Gasteiger charge is 2.08. The summed E-state index contributed by atoms with van der Waals surface area (Å²) in [5, 5.41) is 9.72. The third kappa shape index (κ3) is 3.24. The number of benzene rings is 1. The normalized spacial score (nSPS) is 13.1. The number of phenolic OH excluding ortho intramolecular Hbond substituents is 1. The lowest BCUT2D eigenvalue weighted by Crippen LogP contribution is -2.13. The van der Waals surface area contributed by atoms with E-state index in [0.717, 1.165) is 12.0 Å². The van der Waals surface area contributed by atoms with E-state index in [1.807, 2.05) is 6.07 Å². The summed E-state index contributed by atoms with van der Waals surface area (Å²) in [7, 11) is 0. The van der Waals surface area contributed by atoms with E-state index < -0.39 is 0 Å². The molecule has 1 aromatic rings. The average Bonchev–Trinajstić information content (AvgIpc) is 2.20. The molecule has 0 aromatic heterocycles. The lowest BCUT2D eigenvalue weighted by Gasteiger charge is -2.13. The fourth-order valence-corrected chi connectivity index (χ4v) is 1.59. The second-order valence-electron chi connectivity index (χ2n) is 4.59. The smallest absolute Gasteiger partial charge is 0.118 e. The third-order valence-corrected chi connectivity index (χ3v) is 2.74. The molecule has 0 amide bonds. The van der Waals surface area contributed by atoms with Gasteiger partial charge in [0, 0.05) is 0 Å². The van der Waals surface area contributed by atoms with Crippen LogP contribution in [0.1, 0.15) is 37.8 Å². The first kappa shape index (κ1) is 12.1. The molecule has 1 rings (SSSR count). The van der Waals surface area contributed by atoms with Crippen LogP contribution in [-0.2, 0) is 6.42 Å². The Balaban J connectivity index is 2.90. The van der Waals surface area contributed by atoms with Crippen molar-refractivity contribution >= 4 is 0 Å². The quantitative estimate of drug-likeness (QED) is 0.797. The Morgan fingerprint density at radius 3 is 2.47 bits per heavy atom. The number of phenols is 1. The zero-order chi connectivity index (χ0) is 11.4. The minimum Gasteiger partial charge on any atom is -0.508 e. The summed E-state index contributed by atoms with van der Waals surface area (Å²) in [6.07, 6.45) is 0.850. The average molecular weight is 207 g/mol. The van der Waals surface area contributed by atoms with Gasteiger partial charge in [0.05, 0.1) is 0 Å². The zero-order valence-corrected chi connectivity index (χ0v) is 9.83. The van der Waals surface area contributed by atoms with Crippen molar-refractivity contribution < 1.29 is 5.11 Å². The van der Waals surface area contributed by atoms with Crippen molar-refractivity contribution in [3.05, 3.63) is 29.3 Å². The molecule has 0 fully saturated rings. The van der Waals surface area contributed by atoms with Crippen molar-refractivity contribution in [1.29, 1.82) is 0 Å². The zero-order valence-electron chi connectivity index (χ0n) is 9.83. The molecule has 0 spiro atoms. The lowest BCUT2D eigenvalue weighted by atomic mass is 9.95. The molecular formula is C13H21NO. The Labute approximate surface area is 92.1 Å². The second kappa shape index (κ2) is 5.17. The standard InChI is InChI=1S/C13H21NO/c1-9(2)11-4-5-13(15)12(7-11)6-10(3)8-14/h4-5,7,9-10,15H,6,8,14H2,1-3H3. The molecule has 0 saturated carbocycles. The number of nitrogens with two attached hydrogens (primary N) is 1. The van der Waals surface area contributed by atoms with Crippen molar-refractivity contribution in [3.63, 3.8) is 0 Å². The molecule has 3 N–H and O–H groups in total. The van der Waals surface area contributed by atoms with Gasteiger partial charge in [0.25, 0.3) is 0 Å². The first-order chi connectivity index (χ1) is 7.04. The molecule has 0 aliphatic heterocycles. The SMILES string of the molecule is CC(CN)Cc1cc(C(C)C)ccc1O. The van der Waals surface area contributed by atoms with E-state index in [9.17, 15) is 5.11 Å². The van der Waals surface area contributed by atoms with Gasteiger partial charge in [-0.05, 0) is 42.0 Å². The van der Waals surface area contributed by atoms with Gasteiger partial charge in [-0.15, -0.1) is 0 Å². The molecule has 15 heavy (non-hydrogen) atoms. The maximum Gasteiger partial charge on any atom is 0.118 e. The summed E-state index contributed by atoms with van der Waals surface area (Å²) in [4.78, 5) is 0. The number of aromatic hydroxyl groups is 1. The predicted octanol–water partition coefficient (Wildman–Crippen LogP) is 2.65. The van der Waals surface area contributed by atoms with Crippen LogP contribution in [0.2, 0.25) is 0 Å². The summed E-state index contributed by atoms with van der Waals surface area (Å²) in [5.74, 6) is 1.30. The van der Waals surface area contributed by atoms with Crippen LogP contribution in [-0.4, -0.2) is 11.7 Å². The molecule has 1 atom stereocenters. The van der Waals surface area contributed by atoms with Crippen molar-refractivity contribution in [3.8, 4) is 5.75 Å². The molecule has 2 nitrogen and oxygen atoms in total. The second-order valence-corrected chi connectivity index (χ2v) is 4.59. The highest BCUT2D eigenvalue weighted by Crippen LogP contribution is 2.25. The summed E-state index contributed by atoms with van der Waals surface area (Å²) in [6.45, 7) is 7.07. The van der Waals surface area contributed by atoms with Gasteiger partial charge in [-0.25, -0.2) is 0 Å². The van der Waals surface area contributed by atoms with E-state index in [4.69, 9.17) is 5.73 Å². The van der Waals surface area contributed by atoms with Crippen LogP contribution >= 0.6 is 0 Å². The molecule has 0 heterocycles. The molecule has 0 bridgehead atoms. The maximum absolute atomic E-state index is 9.72. The molecule has 0 aliphatic carbocycles. The molecule has 1 unspecified atom stereocenters. The fourth-order valence-electron chi connectivity index (χ4n) is 1.59. The van der Waals surface area contributed by atoms with Gasteiger partial charge in [-0.1, -0.05) is 32.9 Å². The van der Waals surface area contributed by atoms with Crippen LogP contribution in [0.25, 0.3) is 0 Å². The van der Waals surface area contributed by atoms with Crippen molar-refractivity contribution in [2.45, 2.75) is 33.1 Å². The van der Waals surface area contributed by atoms with Crippen molar-refractivity contribution in [2.24, 2.45) is 11.7 Å². The van der Waals surface area contributed by atoms with E-state index in [2.05, 4.69) is 26.8 Å². The lowest BCUT2D eigenvalue weighted by molar-refractivity contribution is 0.459. The van der Waals surface area contributed by atoms with E-state index in [1.165, 1.54) is 5.56 Å². The number of rotatable bonds is 4. The molecule has 0 saturated heterocycles. The minimum absolute atomic E-state index is 0.389. The van der Waals surface area contributed by atoms with Gasteiger partial charge < -0.3 is 10.8 Å². The maximum atomic E-state index is 9.72. The van der Waals surface area contributed by atoms with Crippen LogP contribution in [0.4, 0.5) is 0 Å². The van der Waals surface area contributed by atoms with E-state index in [0.29, 0.717) is 24.1 Å². The third-order valence-electron chi connectivity index (χ3n) is 2.74. The first-order valence-electron chi connectivity index (χ1n) is 5.56. The van der Waals surface area contributed by atoms with Crippen molar-refractivity contribution in [2.75, 3.05) is 6.54 Å². The van der Waals surface area contributed by atoms with Crippen LogP contribution in [0.15, 0.2) is 18.2 Å². The largest absolute Gasteiger partial charge is 0.508 e. The van der Waals surface area contributed by atoms with Gasteiger partial charge in [0.2, 0.25) is 0 Å². The molecule has 0 radical (unpaired) electrons.